The predicted octanol–water partition coefficient (Wildman–Crippen LogP) is 5.23. The highest BCUT2D eigenvalue weighted by Crippen LogP contribution is 2.29. The fourth-order valence-corrected chi connectivity index (χ4v) is 3.20. The average molecular weight is 373 g/mol. The first-order valence-electron chi connectivity index (χ1n) is 7.87. The summed E-state index contributed by atoms with van der Waals surface area (Å²) in [6.45, 7) is 4.51. The molecular weight excluding hydrogens is 355 g/mol. The summed E-state index contributed by atoms with van der Waals surface area (Å²) >= 11 is 12.1. The highest BCUT2D eigenvalue weighted by Gasteiger charge is 2.17. The average Bonchev–Trinajstić information content (AvgIpc) is 2.89. The Labute approximate surface area is 157 Å². The fourth-order valence-electron chi connectivity index (χ4n) is 2.88. The lowest BCUT2D eigenvalue weighted by molar-refractivity contribution is 0.0999. The summed E-state index contributed by atoms with van der Waals surface area (Å²) in [5.74, 6) is -0.432. The van der Waals surface area contributed by atoms with Gasteiger partial charge in [0.25, 0.3) is 5.91 Å². The monoisotopic (exact) mass is 372 g/mol. The molecule has 5 heteroatoms. The molecule has 0 unspecified atom stereocenters. The van der Waals surface area contributed by atoms with Gasteiger partial charge in [-0.3, -0.25) is 4.79 Å². The number of primary amides is 1. The Kier molecular flexibility index (Phi) is 4.89. The number of hydrogen-bond donors (Lipinski definition) is 1. The molecule has 0 fully saturated rings. The highest BCUT2D eigenvalue weighted by atomic mass is 35.5. The number of aromatic nitrogens is 1. The zero-order valence-electron chi connectivity index (χ0n) is 14.0. The van der Waals surface area contributed by atoms with E-state index in [4.69, 9.17) is 28.9 Å². The molecule has 0 bridgehead atoms. The third-order valence-corrected chi connectivity index (χ3v) is 5.04. The number of hydrogen-bond acceptors (Lipinski definition) is 1. The zero-order valence-corrected chi connectivity index (χ0v) is 15.5. The molecule has 1 heterocycles. The van der Waals surface area contributed by atoms with Gasteiger partial charge in [0, 0.05) is 17.9 Å². The Balaban J connectivity index is 2.11. The topological polar surface area (TPSA) is 48.0 Å². The molecule has 0 spiro atoms. The van der Waals surface area contributed by atoms with E-state index < -0.39 is 5.91 Å². The largest absolute Gasteiger partial charge is 0.366 e. The molecule has 0 atom stereocenters. The number of amides is 1. The lowest BCUT2D eigenvalue weighted by Crippen LogP contribution is -2.12. The molecule has 3 nitrogen and oxygen atoms in total. The van der Waals surface area contributed by atoms with Crippen LogP contribution in [0.2, 0.25) is 10.0 Å². The molecule has 3 rings (SSSR count). The minimum Gasteiger partial charge on any atom is -0.366 e. The van der Waals surface area contributed by atoms with E-state index >= 15 is 0 Å². The summed E-state index contributed by atoms with van der Waals surface area (Å²) in [5.41, 5.74) is 11.0. The lowest BCUT2D eigenvalue weighted by atomic mass is 10.1. The Bertz CT molecular complexity index is 943. The molecule has 2 N–H and O–H groups in total. The van der Waals surface area contributed by atoms with Gasteiger partial charge in [0.2, 0.25) is 0 Å². The molecule has 0 aliphatic carbocycles. The van der Waals surface area contributed by atoms with Gasteiger partial charge in [-0.1, -0.05) is 59.1 Å². The smallest absolute Gasteiger partial charge is 0.250 e. The van der Waals surface area contributed by atoms with Crippen molar-refractivity contribution in [3.63, 3.8) is 0 Å². The van der Waals surface area contributed by atoms with E-state index in [1.807, 2.05) is 56.3 Å². The summed E-state index contributed by atoms with van der Waals surface area (Å²) in [7, 11) is 0. The van der Waals surface area contributed by atoms with Crippen LogP contribution in [0.3, 0.4) is 0 Å². The summed E-state index contributed by atoms with van der Waals surface area (Å²) in [6, 6.07) is 15.6. The first-order valence-corrected chi connectivity index (χ1v) is 8.63. The number of rotatable bonds is 4. The summed E-state index contributed by atoms with van der Waals surface area (Å²) < 4.78 is 2.07. The van der Waals surface area contributed by atoms with Crippen molar-refractivity contribution in [3.05, 3.63) is 81.0 Å². The Morgan fingerprint density at radius 3 is 2.28 bits per heavy atom. The molecule has 0 aliphatic rings. The van der Waals surface area contributed by atoms with E-state index in [0.717, 1.165) is 22.5 Å². The van der Waals surface area contributed by atoms with Crippen molar-refractivity contribution in [1.82, 2.24) is 4.57 Å². The maximum Gasteiger partial charge on any atom is 0.250 e. The van der Waals surface area contributed by atoms with Crippen LogP contribution < -0.4 is 5.73 Å². The first kappa shape index (κ1) is 17.6. The molecule has 0 radical (unpaired) electrons. The standard InChI is InChI=1S/C20H18Cl2N2O/c1-12-3-6-15(7-4-12)19-10-16(20(23)25)13(2)24(19)11-14-5-8-17(21)18(22)9-14/h3-10H,11H2,1-2H3,(H2,23,25). The number of aryl methyl sites for hydroxylation is 1. The molecule has 2 aromatic carbocycles. The van der Waals surface area contributed by atoms with Crippen molar-refractivity contribution >= 4 is 29.1 Å². The molecule has 128 valence electrons. The van der Waals surface area contributed by atoms with Gasteiger partial charge in [0.05, 0.1) is 15.6 Å². The van der Waals surface area contributed by atoms with Gasteiger partial charge >= 0.3 is 0 Å². The van der Waals surface area contributed by atoms with Crippen LogP contribution in [0.25, 0.3) is 11.3 Å². The van der Waals surface area contributed by atoms with Crippen LogP contribution in [-0.2, 0) is 6.54 Å². The third kappa shape index (κ3) is 3.58. The lowest BCUT2D eigenvalue weighted by Gasteiger charge is -2.13. The minimum absolute atomic E-state index is 0.432. The number of carbonyl (C=O) groups is 1. The van der Waals surface area contributed by atoms with Crippen LogP contribution in [0.5, 0.6) is 0 Å². The van der Waals surface area contributed by atoms with E-state index in [1.165, 1.54) is 5.56 Å². The van der Waals surface area contributed by atoms with Crippen molar-refractivity contribution < 1.29 is 4.79 Å². The number of benzene rings is 2. The second-order valence-corrected chi connectivity index (χ2v) is 6.91. The fraction of sp³-hybridized carbons (Fsp3) is 0.150. The van der Waals surface area contributed by atoms with E-state index in [1.54, 1.807) is 6.07 Å². The van der Waals surface area contributed by atoms with E-state index in [-0.39, 0.29) is 0 Å². The van der Waals surface area contributed by atoms with Gasteiger partial charge in [-0.05, 0) is 43.2 Å². The van der Waals surface area contributed by atoms with Crippen molar-refractivity contribution in [2.75, 3.05) is 0 Å². The van der Waals surface area contributed by atoms with Crippen LogP contribution >= 0.6 is 23.2 Å². The van der Waals surface area contributed by atoms with Gasteiger partial charge in [0.15, 0.2) is 0 Å². The number of carbonyl (C=O) groups excluding carboxylic acids is 1. The summed E-state index contributed by atoms with van der Waals surface area (Å²) in [5, 5.41) is 1.03. The van der Waals surface area contributed by atoms with Crippen LogP contribution in [0, 0.1) is 13.8 Å². The summed E-state index contributed by atoms with van der Waals surface area (Å²) in [6.07, 6.45) is 0. The number of nitrogens with two attached hydrogens (primary N) is 1. The molecule has 0 aliphatic heterocycles. The maximum absolute atomic E-state index is 11.8. The molecule has 1 aromatic heterocycles. The normalized spacial score (nSPS) is 10.9. The first-order chi connectivity index (χ1) is 11.9. The Morgan fingerprint density at radius 1 is 1.00 bits per heavy atom. The van der Waals surface area contributed by atoms with Gasteiger partial charge in [0.1, 0.15) is 0 Å². The molecule has 1 amide bonds. The minimum atomic E-state index is -0.432. The van der Waals surface area contributed by atoms with Crippen molar-refractivity contribution in [3.8, 4) is 11.3 Å². The van der Waals surface area contributed by atoms with Crippen LogP contribution in [0.1, 0.15) is 27.2 Å². The zero-order chi connectivity index (χ0) is 18.1. The Hall–Kier alpha value is -2.23. The van der Waals surface area contributed by atoms with Gasteiger partial charge in [-0.25, -0.2) is 0 Å². The SMILES string of the molecule is Cc1ccc(-c2cc(C(N)=O)c(C)n2Cc2ccc(Cl)c(Cl)c2)cc1. The van der Waals surface area contributed by atoms with Gasteiger partial charge in [-0.2, -0.15) is 0 Å². The number of nitrogens with zero attached hydrogens (tertiary/aromatic N) is 1. The molecule has 3 aromatic rings. The Morgan fingerprint density at radius 2 is 1.68 bits per heavy atom. The van der Waals surface area contributed by atoms with Crippen LogP contribution in [0.4, 0.5) is 0 Å². The molecular formula is C20H18Cl2N2O. The van der Waals surface area contributed by atoms with Crippen LogP contribution in [-0.4, -0.2) is 10.5 Å². The highest BCUT2D eigenvalue weighted by molar-refractivity contribution is 6.42. The van der Waals surface area contributed by atoms with Crippen molar-refractivity contribution in [1.29, 1.82) is 0 Å². The van der Waals surface area contributed by atoms with Crippen molar-refractivity contribution in [2.45, 2.75) is 20.4 Å². The predicted molar refractivity (Wildman–Crippen MR) is 103 cm³/mol. The van der Waals surface area contributed by atoms with E-state index in [0.29, 0.717) is 22.2 Å². The molecule has 0 saturated heterocycles. The van der Waals surface area contributed by atoms with E-state index in [2.05, 4.69) is 4.57 Å². The second kappa shape index (κ2) is 6.95. The summed E-state index contributed by atoms with van der Waals surface area (Å²) in [4.78, 5) is 11.8. The van der Waals surface area contributed by atoms with Crippen LogP contribution in [0.15, 0.2) is 48.5 Å². The third-order valence-electron chi connectivity index (χ3n) is 4.30. The maximum atomic E-state index is 11.8. The molecule has 25 heavy (non-hydrogen) atoms. The van der Waals surface area contributed by atoms with Gasteiger partial charge in [-0.15, -0.1) is 0 Å². The second-order valence-electron chi connectivity index (χ2n) is 6.09. The number of halogens is 2. The van der Waals surface area contributed by atoms with E-state index in [9.17, 15) is 4.79 Å². The van der Waals surface area contributed by atoms with Crippen molar-refractivity contribution in [2.24, 2.45) is 5.73 Å². The quantitative estimate of drug-likeness (QED) is 0.669. The van der Waals surface area contributed by atoms with Gasteiger partial charge < -0.3 is 10.3 Å². The molecule has 0 saturated carbocycles.